The number of methoxy groups -OCH3 is 1. The number of hydrogen-bond acceptors (Lipinski definition) is 8. The van der Waals surface area contributed by atoms with Crippen LogP contribution in [0.15, 0.2) is 30.7 Å². The van der Waals surface area contributed by atoms with Crippen molar-refractivity contribution >= 4 is 35.0 Å². The number of benzene rings is 1. The van der Waals surface area contributed by atoms with E-state index < -0.39 is 5.92 Å². The second-order valence-electron chi connectivity index (χ2n) is 6.53. The molecule has 3 heterocycles. The summed E-state index contributed by atoms with van der Waals surface area (Å²) in [6.45, 7) is 3.75. The van der Waals surface area contributed by atoms with Gasteiger partial charge in [-0.15, -0.1) is 12.4 Å². The average molecular weight is 432 g/mol. The third-order valence-corrected chi connectivity index (χ3v) is 4.59. The minimum Gasteiger partial charge on any atom is -0.491 e. The maximum atomic E-state index is 12.6. The zero-order valence-corrected chi connectivity index (χ0v) is 17.4. The van der Waals surface area contributed by atoms with Crippen LogP contribution in [0.5, 0.6) is 5.75 Å². The van der Waals surface area contributed by atoms with E-state index in [2.05, 4.69) is 25.3 Å². The third kappa shape index (κ3) is 4.48. The van der Waals surface area contributed by atoms with Crippen molar-refractivity contribution in [2.45, 2.75) is 12.8 Å². The van der Waals surface area contributed by atoms with Gasteiger partial charge in [-0.3, -0.25) is 4.79 Å². The van der Waals surface area contributed by atoms with Crippen LogP contribution in [0.25, 0.3) is 10.9 Å². The number of carbonyl (C=O) groups excluding carboxylic acids is 1. The highest BCUT2D eigenvalue weighted by atomic mass is 35.5. The Balaban J connectivity index is 0.00000256. The summed E-state index contributed by atoms with van der Waals surface area (Å²) < 4.78 is 16.0. The van der Waals surface area contributed by atoms with E-state index in [1.54, 1.807) is 20.2 Å². The first-order valence-corrected chi connectivity index (χ1v) is 9.26. The van der Waals surface area contributed by atoms with Crippen molar-refractivity contribution in [1.29, 1.82) is 0 Å². The molecule has 1 aromatic carbocycles. The van der Waals surface area contributed by atoms with Gasteiger partial charge in [0.1, 0.15) is 36.2 Å². The summed E-state index contributed by atoms with van der Waals surface area (Å²) in [5.74, 6) is 1.07. The van der Waals surface area contributed by atoms with Gasteiger partial charge in [-0.25, -0.2) is 19.9 Å². The van der Waals surface area contributed by atoms with Gasteiger partial charge in [-0.2, -0.15) is 0 Å². The summed E-state index contributed by atoms with van der Waals surface area (Å²) in [6, 6.07) is 5.53. The fourth-order valence-corrected chi connectivity index (χ4v) is 3.23. The van der Waals surface area contributed by atoms with Crippen LogP contribution >= 0.6 is 12.4 Å². The van der Waals surface area contributed by atoms with Gasteiger partial charge in [0.05, 0.1) is 31.0 Å². The molecule has 1 aliphatic rings. The summed E-state index contributed by atoms with van der Waals surface area (Å²) in [4.78, 5) is 29.9. The fraction of sp³-hybridized carbons (Fsp3) is 0.350. The van der Waals surface area contributed by atoms with Crippen LogP contribution in [0.2, 0.25) is 0 Å². The number of amides is 1. The Kier molecular flexibility index (Phi) is 7.09. The maximum absolute atomic E-state index is 12.6. The molecule has 1 N–H and O–H groups in total. The molecule has 30 heavy (non-hydrogen) atoms. The molecule has 1 amide bonds. The van der Waals surface area contributed by atoms with Crippen molar-refractivity contribution in [3.05, 3.63) is 47.8 Å². The standard InChI is InChI=1S/C20H21N5O4.ClH/c1-12-21-10-15-17(20(26)25-19(15)24-12)18-14-4-3-13(9-16(14)22-11-23-18)29-8-7-28-6-5-27-2;/h3-4,9-11,17H,5-8H2,1-2H3,(H,21,24,25,26);1H. The van der Waals surface area contributed by atoms with Gasteiger partial charge >= 0.3 is 0 Å². The highest BCUT2D eigenvalue weighted by Gasteiger charge is 2.35. The average Bonchev–Trinajstić information content (AvgIpc) is 3.04. The number of nitrogens with zero attached hydrogens (tertiary/aromatic N) is 4. The van der Waals surface area contributed by atoms with E-state index in [4.69, 9.17) is 14.2 Å². The van der Waals surface area contributed by atoms with E-state index in [9.17, 15) is 4.79 Å². The van der Waals surface area contributed by atoms with Gasteiger partial charge in [-0.1, -0.05) is 0 Å². The maximum Gasteiger partial charge on any atom is 0.239 e. The number of rotatable bonds is 8. The van der Waals surface area contributed by atoms with Crippen molar-refractivity contribution in [2.75, 3.05) is 38.9 Å². The molecule has 0 spiro atoms. The highest BCUT2D eigenvalue weighted by Crippen LogP contribution is 2.37. The Bertz CT molecular complexity index is 1050. The predicted molar refractivity (Wildman–Crippen MR) is 112 cm³/mol. The smallest absolute Gasteiger partial charge is 0.239 e. The lowest BCUT2D eigenvalue weighted by molar-refractivity contribution is -0.116. The van der Waals surface area contributed by atoms with Crippen LogP contribution in [0.1, 0.15) is 23.0 Å². The molecule has 0 saturated heterocycles. The van der Waals surface area contributed by atoms with Crippen LogP contribution in [0.3, 0.4) is 0 Å². The number of ether oxygens (including phenoxy) is 3. The lowest BCUT2D eigenvalue weighted by Crippen LogP contribution is -2.15. The van der Waals surface area contributed by atoms with Crippen molar-refractivity contribution in [3.8, 4) is 5.75 Å². The quantitative estimate of drug-likeness (QED) is 0.541. The zero-order valence-electron chi connectivity index (χ0n) is 16.6. The lowest BCUT2D eigenvalue weighted by atomic mass is 9.96. The first-order valence-electron chi connectivity index (χ1n) is 9.26. The number of anilines is 1. The Labute approximate surface area is 179 Å². The number of aryl methyl sites for hydroxylation is 1. The van der Waals surface area contributed by atoms with Gasteiger partial charge in [0.25, 0.3) is 0 Å². The summed E-state index contributed by atoms with van der Waals surface area (Å²) in [7, 11) is 1.63. The van der Waals surface area contributed by atoms with Crippen LogP contribution in [-0.2, 0) is 14.3 Å². The number of aromatic nitrogens is 4. The second-order valence-corrected chi connectivity index (χ2v) is 6.53. The minimum atomic E-state index is -0.572. The molecule has 9 nitrogen and oxygen atoms in total. The van der Waals surface area contributed by atoms with E-state index in [-0.39, 0.29) is 18.3 Å². The largest absolute Gasteiger partial charge is 0.491 e. The monoisotopic (exact) mass is 431 g/mol. The van der Waals surface area contributed by atoms with Crippen LogP contribution in [0, 0.1) is 6.92 Å². The highest BCUT2D eigenvalue weighted by molar-refractivity contribution is 6.05. The van der Waals surface area contributed by atoms with Gasteiger partial charge in [0.2, 0.25) is 5.91 Å². The van der Waals surface area contributed by atoms with Crippen LogP contribution < -0.4 is 10.1 Å². The normalized spacial score (nSPS) is 14.9. The van der Waals surface area contributed by atoms with Crippen molar-refractivity contribution < 1.29 is 19.0 Å². The second kappa shape index (κ2) is 9.75. The number of fused-ring (bicyclic) bond motifs is 2. The molecular weight excluding hydrogens is 410 g/mol. The fourth-order valence-electron chi connectivity index (χ4n) is 3.23. The molecule has 158 valence electrons. The van der Waals surface area contributed by atoms with Gasteiger partial charge in [-0.05, 0) is 19.1 Å². The number of halogens is 1. The Morgan fingerprint density at radius 1 is 1.10 bits per heavy atom. The lowest BCUT2D eigenvalue weighted by Gasteiger charge is -2.12. The van der Waals surface area contributed by atoms with E-state index >= 15 is 0 Å². The summed E-state index contributed by atoms with van der Waals surface area (Å²) >= 11 is 0. The number of carbonyl (C=O) groups is 1. The van der Waals surface area contributed by atoms with Gasteiger partial charge < -0.3 is 19.5 Å². The molecule has 0 radical (unpaired) electrons. The Morgan fingerprint density at radius 2 is 1.93 bits per heavy atom. The van der Waals surface area contributed by atoms with E-state index in [0.29, 0.717) is 60.6 Å². The SMILES string of the molecule is COCCOCCOc1ccc2c(C3C(=O)Nc4nc(C)ncc43)ncnc2c1.Cl. The molecule has 0 aliphatic carbocycles. The molecule has 2 aromatic heterocycles. The molecule has 1 aliphatic heterocycles. The molecular formula is C20H22ClN5O4. The third-order valence-electron chi connectivity index (χ3n) is 4.59. The molecule has 1 atom stereocenters. The summed E-state index contributed by atoms with van der Waals surface area (Å²) in [6.07, 6.45) is 3.13. The van der Waals surface area contributed by atoms with E-state index in [0.717, 1.165) is 5.39 Å². The van der Waals surface area contributed by atoms with Gasteiger partial charge in [0.15, 0.2) is 0 Å². The summed E-state index contributed by atoms with van der Waals surface area (Å²) in [5.41, 5.74) is 2.03. The zero-order chi connectivity index (χ0) is 20.2. The molecule has 4 rings (SSSR count). The first kappa shape index (κ1) is 21.8. The van der Waals surface area contributed by atoms with Crippen molar-refractivity contribution in [1.82, 2.24) is 19.9 Å². The van der Waals surface area contributed by atoms with Gasteiger partial charge in [0, 0.05) is 30.3 Å². The molecule has 0 saturated carbocycles. The van der Waals surface area contributed by atoms with Crippen molar-refractivity contribution in [3.63, 3.8) is 0 Å². The first-order chi connectivity index (χ1) is 14.2. The molecule has 0 fully saturated rings. The van der Waals surface area contributed by atoms with E-state index in [1.807, 2.05) is 18.2 Å². The summed E-state index contributed by atoms with van der Waals surface area (Å²) in [5, 5.41) is 3.60. The molecule has 10 heteroatoms. The molecule has 1 unspecified atom stereocenters. The predicted octanol–water partition coefficient (Wildman–Crippen LogP) is 2.28. The molecule has 3 aromatic rings. The molecule has 0 bridgehead atoms. The van der Waals surface area contributed by atoms with Crippen molar-refractivity contribution in [2.24, 2.45) is 0 Å². The van der Waals surface area contributed by atoms with Crippen LogP contribution in [-0.4, -0.2) is 59.4 Å². The van der Waals surface area contributed by atoms with Crippen LogP contribution in [0.4, 0.5) is 5.82 Å². The minimum absolute atomic E-state index is 0. The Hall–Kier alpha value is -2.88. The number of nitrogens with one attached hydrogen (secondary N) is 1. The number of hydrogen-bond donors (Lipinski definition) is 1. The Morgan fingerprint density at radius 3 is 2.77 bits per heavy atom. The topological polar surface area (TPSA) is 108 Å². The van der Waals surface area contributed by atoms with E-state index in [1.165, 1.54) is 6.33 Å².